The summed E-state index contributed by atoms with van der Waals surface area (Å²) in [6.45, 7) is 1.76. The Kier molecular flexibility index (Phi) is 8.89. The van der Waals surface area contributed by atoms with E-state index in [2.05, 4.69) is 26.8 Å². The molecule has 0 bridgehead atoms. The number of hydrogen-bond acceptors (Lipinski definition) is 8. The van der Waals surface area contributed by atoms with Crippen molar-refractivity contribution in [3.63, 3.8) is 0 Å². The zero-order valence-corrected chi connectivity index (χ0v) is 21.8. The number of halogens is 1. The number of amides is 2. The van der Waals surface area contributed by atoms with Crippen LogP contribution in [-0.4, -0.2) is 35.9 Å². The predicted octanol–water partition coefficient (Wildman–Crippen LogP) is 5.72. The van der Waals surface area contributed by atoms with E-state index in [0.29, 0.717) is 38.8 Å². The molecule has 0 spiro atoms. The zero-order valence-electron chi connectivity index (χ0n) is 21.0. The molecule has 11 heteroatoms. The number of carbonyl (C=O) groups excluding carboxylic acids is 2. The highest BCUT2D eigenvalue weighted by Crippen LogP contribution is 2.37. The Bertz CT molecular complexity index is 1530. The highest BCUT2D eigenvalue weighted by atomic mass is 35.5. The van der Waals surface area contributed by atoms with Crippen LogP contribution in [0, 0.1) is 17.8 Å². The normalized spacial score (nSPS) is 10.5. The van der Waals surface area contributed by atoms with Crippen molar-refractivity contribution < 1.29 is 23.6 Å². The van der Waals surface area contributed by atoms with Gasteiger partial charge in [-0.05, 0) is 48.4 Å². The summed E-state index contributed by atoms with van der Waals surface area (Å²) in [7, 11) is 1.49. The first-order chi connectivity index (χ1) is 18.9. The van der Waals surface area contributed by atoms with Gasteiger partial charge in [-0.15, -0.1) is 0 Å². The van der Waals surface area contributed by atoms with Crippen LogP contribution in [0.4, 0.5) is 11.5 Å². The van der Waals surface area contributed by atoms with E-state index < -0.39 is 5.91 Å². The Labute approximate surface area is 229 Å². The molecule has 2 heterocycles. The molecule has 2 aromatic heterocycles. The average Bonchev–Trinajstić information content (AvgIpc) is 3.47. The quantitative estimate of drug-likeness (QED) is 0.242. The minimum Gasteiger partial charge on any atom is -0.467 e. The zero-order chi connectivity index (χ0) is 27.8. The average molecular weight is 545 g/mol. The van der Waals surface area contributed by atoms with Crippen molar-refractivity contribution >= 4 is 34.9 Å². The number of nitriles is 1. The van der Waals surface area contributed by atoms with Gasteiger partial charge in [-0.2, -0.15) is 5.26 Å². The van der Waals surface area contributed by atoms with E-state index in [9.17, 15) is 14.9 Å². The largest absolute Gasteiger partial charge is 0.467 e. The molecule has 0 saturated heterocycles. The van der Waals surface area contributed by atoms with Gasteiger partial charge in [0.2, 0.25) is 11.7 Å². The molecule has 10 nitrogen and oxygen atoms in total. The van der Waals surface area contributed by atoms with Crippen molar-refractivity contribution in [1.29, 1.82) is 5.26 Å². The monoisotopic (exact) mass is 544 g/mol. The molecule has 0 aliphatic carbocycles. The van der Waals surface area contributed by atoms with Gasteiger partial charge < -0.3 is 24.6 Å². The summed E-state index contributed by atoms with van der Waals surface area (Å²) in [5.74, 6) is -0.485. The van der Waals surface area contributed by atoms with Gasteiger partial charge in [0, 0.05) is 41.4 Å². The molecule has 0 aliphatic heterocycles. The van der Waals surface area contributed by atoms with E-state index in [-0.39, 0.29) is 36.3 Å². The molecule has 39 heavy (non-hydrogen) atoms. The second-order valence-electron chi connectivity index (χ2n) is 8.15. The molecule has 0 fully saturated rings. The fourth-order valence-corrected chi connectivity index (χ4v) is 3.89. The lowest BCUT2D eigenvalue weighted by Gasteiger charge is -2.16. The van der Waals surface area contributed by atoms with Crippen LogP contribution in [0.25, 0.3) is 22.4 Å². The van der Waals surface area contributed by atoms with Gasteiger partial charge in [0.05, 0.1) is 11.9 Å². The third kappa shape index (κ3) is 6.59. The number of benzene rings is 2. The molecule has 2 N–H and O–H groups in total. The minimum atomic E-state index is -0.636. The number of ether oxygens (including phenoxy) is 2. The van der Waals surface area contributed by atoms with E-state index in [1.165, 1.54) is 19.4 Å². The van der Waals surface area contributed by atoms with Crippen LogP contribution >= 0.6 is 11.6 Å². The second kappa shape index (κ2) is 12.7. The van der Waals surface area contributed by atoms with Gasteiger partial charge in [0.1, 0.15) is 17.4 Å². The molecule has 1 radical (unpaired) electrons. The summed E-state index contributed by atoms with van der Waals surface area (Å²) in [5, 5.41) is 19.6. The molecule has 0 saturated carbocycles. The number of nitrogens with one attached hydrogen (secondary N) is 2. The molecular formula is C28H23ClN5O5. The van der Waals surface area contributed by atoms with Gasteiger partial charge in [-0.3, -0.25) is 9.59 Å². The third-order valence-electron chi connectivity index (χ3n) is 5.42. The third-order valence-corrected chi connectivity index (χ3v) is 5.66. The highest BCUT2D eigenvalue weighted by Gasteiger charge is 2.21. The Morgan fingerprint density at radius 1 is 1.13 bits per heavy atom. The maximum Gasteiger partial charge on any atom is 0.295 e. The lowest BCUT2D eigenvalue weighted by atomic mass is 9.97. The molecule has 0 atom stereocenters. The first kappa shape index (κ1) is 27.3. The van der Waals surface area contributed by atoms with Crippen LogP contribution in [0.5, 0.6) is 5.75 Å². The second-order valence-corrected chi connectivity index (χ2v) is 8.59. The van der Waals surface area contributed by atoms with Crippen molar-refractivity contribution in [3.8, 4) is 34.2 Å². The number of rotatable bonds is 10. The number of anilines is 2. The first-order valence-electron chi connectivity index (χ1n) is 11.7. The lowest BCUT2D eigenvalue weighted by molar-refractivity contribution is -0.115. The van der Waals surface area contributed by atoms with Crippen LogP contribution in [0.2, 0.25) is 5.02 Å². The van der Waals surface area contributed by atoms with Crippen molar-refractivity contribution in [2.24, 2.45) is 0 Å². The van der Waals surface area contributed by atoms with E-state index in [0.717, 1.165) is 0 Å². The standard InChI is InChI=1S/C28H23ClN5O5/c1-3-5-26(35)32-19-7-4-6-17(12-19)21-14-23(20-9-8-18(29)13-25(20)38-16-37-2)33-27(22(21)15-30)34-28(36)24-10-11-31-39-24/h3-4,6-14H,5,16H2,1-2H3,(H,32,35)(H,33,34,36). The van der Waals surface area contributed by atoms with Gasteiger partial charge >= 0.3 is 0 Å². The Balaban J connectivity index is 1.88. The van der Waals surface area contributed by atoms with Crippen LogP contribution in [0.1, 0.15) is 29.5 Å². The molecule has 2 aromatic carbocycles. The minimum absolute atomic E-state index is 0.00550. The van der Waals surface area contributed by atoms with Gasteiger partial charge in [0.15, 0.2) is 12.6 Å². The molecule has 4 rings (SSSR count). The van der Waals surface area contributed by atoms with Gasteiger partial charge in [-0.25, -0.2) is 4.98 Å². The summed E-state index contributed by atoms with van der Waals surface area (Å²) in [4.78, 5) is 29.6. The van der Waals surface area contributed by atoms with Gasteiger partial charge in [-0.1, -0.05) is 35.8 Å². The Morgan fingerprint density at radius 3 is 2.69 bits per heavy atom. The first-order valence-corrected chi connectivity index (χ1v) is 12.1. The summed E-state index contributed by atoms with van der Waals surface area (Å²) in [5.41, 5.74) is 2.64. The van der Waals surface area contributed by atoms with Gasteiger partial charge in [0.25, 0.3) is 5.91 Å². The van der Waals surface area contributed by atoms with Crippen LogP contribution in [0.3, 0.4) is 0 Å². The molecule has 4 aromatic rings. The van der Waals surface area contributed by atoms with E-state index in [4.69, 9.17) is 25.6 Å². The van der Waals surface area contributed by atoms with Crippen molar-refractivity contribution in [3.05, 3.63) is 83.6 Å². The van der Waals surface area contributed by atoms with E-state index in [1.54, 1.807) is 61.9 Å². The predicted molar refractivity (Wildman–Crippen MR) is 145 cm³/mol. The number of pyridine rings is 1. The van der Waals surface area contributed by atoms with E-state index >= 15 is 0 Å². The SMILES string of the molecule is C[CH]CC(=O)Nc1cccc(-c2cc(-c3ccc(Cl)cc3OCOC)nc(NC(=O)c3ccno3)c2C#N)c1. The molecule has 197 valence electrons. The molecular weight excluding hydrogens is 522 g/mol. The number of aromatic nitrogens is 2. The maximum atomic E-state index is 12.8. The number of methoxy groups -OCH3 is 1. The smallest absolute Gasteiger partial charge is 0.295 e. The Hall–Kier alpha value is -4.72. The Morgan fingerprint density at radius 2 is 1.97 bits per heavy atom. The van der Waals surface area contributed by atoms with Crippen LogP contribution in [0.15, 0.2) is 65.3 Å². The highest BCUT2D eigenvalue weighted by molar-refractivity contribution is 6.30. The van der Waals surface area contributed by atoms with Crippen LogP contribution in [-0.2, 0) is 9.53 Å². The summed E-state index contributed by atoms with van der Waals surface area (Å²) >= 11 is 6.20. The topological polar surface area (TPSA) is 139 Å². The summed E-state index contributed by atoms with van der Waals surface area (Å²) in [6, 6.07) is 17.3. The maximum absolute atomic E-state index is 12.8. The number of hydrogen-bond donors (Lipinski definition) is 2. The fraction of sp³-hybridized carbons (Fsp3) is 0.143. The summed E-state index contributed by atoms with van der Waals surface area (Å²) < 4.78 is 15.7. The van der Waals surface area contributed by atoms with Crippen LogP contribution < -0.4 is 15.4 Å². The lowest BCUT2D eigenvalue weighted by Crippen LogP contribution is -2.14. The van der Waals surface area contributed by atoms with Crippen molar-refractivity contribution in [1.82, 2.24) is 10.1 Å². The number of nitrogens with zero attached hydrogens (tertiary/aromatic N) is 3. The van der Waals surface area contributed by atoms with Crippen molar-refractivity contribution in [2.75, 3.05) is 24.5 Å². The van der Waals surface area contributed by atoms with E-state index in [1.807, 2.05) is 0 Å². The molecule has 0 aliphatic rings. The number of carbonyl (C=O) groups is 2. The summed E-state index contributed by atoms with van der Waals surface area (Å²) in [6.07, 6.45) is 3.34. The fourth-order valence-electron chi connectivity index (χ4n) is 3.73. The molecule has 2 amide bonds. The van der Waals surface area contributed by atoms with Crippen molar-refractivity contribution in [2.45, 2.75) is 13.3 Å². The molecule has 0 unspecified atom stereocenters.